The first-order valence-electron chi connectivity index (χ1n) is 13.3. The molecule has 0 atom stereocenters. The Labute approximate surface area is 230 Å². The second-order valence-electron chi connectivity index (χ2n) is 10.1. The van der Waals surface area contributed by atoms with E-state index in [4.69, 9.17) is 4.42 Å². The molecule has 0 saturated heterocycles. The van der Waals surface area contributed by atoms with Gasteiger partial charge in [-0.2, -0.15) is 5.26 Å². The summed E-state index contributed by atoms with van der Waals surface area (Å²) in [4.78, 5) is 0. The fourth-order valence-electron chi connectivity index (χ4n) is 6.04. The van der Waals surface area contributed by atoms with E-state index >= 15 is 0 Å². The van der Waals surface area contributed by atoms with Crippen LogP contribution in [0.15, 0.2) is 138 Å². The maximum Gasteiger partial charge on any atom is 0.135 e. The Morgan fingerprint density at radius 1 is 0.500 bits per heavy atom. The molecule has 0 saturated carbocycles. The number of aromatic nitrogens is 1. The zero-order valence-corrected chi connectivity index (χ0v) is 21.5. The van der Waals surface area contributed by atoms with Crippen molar-refractivity contribution >= 4 is 43.7 Å². The number of fused-ring (bicyclic) bond motifs is 6. The number of nitriles is 1. The van der Waals surface area contributed by atoms with Crippen LogP contribution in [0.3, 0.4) is 0 Å². The van der Waals surface area contributed by atoms with Crippen LogP contribution in [-0.4, -0.2) is 4.57 Å². The summed E-state index contributed by atoms with van der Waals surface area (Å²) in [5.41, 5.74) is 10.0. The van der Waals surface area contributed by atoms with Crippen molar-refractivity contribution in [1.29, 1.82) is 5.26 Å². The van der Waals surface area contributed by atoms with E-state index < -0.39 is 0 Å². The van der Waals surface area contributed by atoms with Gasteiger partial charge in [-0.05, 0) is 65.2 Å². The molecule has 0 amide bonds. The third kappa shape index (κ3) is 3.30. The van der Waals surface area contributed by atoms with E-state index in [2.05, 4.69) is 108 Å². The Morgan fingerprint density at radius 2 is 1.02 bits per heavy atom. The van der Waals surface area contributed by atoms with E-state index in [1.807, 2.05) is 36.4 Å². The van der Waals surface area contributed by atoms with Crippen LogP contribution in [0.5, 0.6) is 0 Å². The smallest absolute Gasteiger partial charge is 0.135 e. The molecule has 0 radical (unpaired) electrons. The molecule has 0 aliphatic heterocycles. The van der Waals surface area contributed by atoms with E-state index in [0.717, 1.165) is 49.9 Å². The lowest BCUT2D eigenvalue weighted by Crippen LogP contribution is -1.96. The van der Waals surface area contributed by atoms with Crippen LogP contribution in [-0.2, 0) is 0 Å². The molecule has 0 aliphatic rings. The maximum atomic E-state index is 9.65. The minimum atomic E-state index is 0.662. The van der Waals surface area contributed by atoms with Gasteiger partial charge in [0.15, 0.2) is 0 Å². The predicted molar refractivity (Wildman–Crippen MR) is 164 cm³/mol. The summed E-state index contributed by atoms with van der Waals surface area (Å²) >= 11 is 0. The standard InChI is InChI=1S/C37H22N2O/c38-23-26-9-1-2-10-27(26)24-17-19-36-31(21-24)32-22-25(18-20-37(32)40-36)28-11-3-6-14-33(28)39-34-15-7-4-12-29(34)30-13-5-8-16-35(30)39/h1-22H. The number of hydrogen-bond donors (Lipinski definition) is 0. The zero-order valence-electron chi connectivity index (χ0n) is 21.5. The van der Waals surface area contributed by atoms with Gasteiger partial charge in [-0.1, -0.05) is 84.9 Å². The fraction of sp³-hybridized carbons (Fsp3) is 0. The quantitative estimate of drug-likeness (QED) is 0.237. The van der Waals surface area contributed by atoms with Gasteiger partial charge in [-0.15, -0.1) is 0 Å². The number of furan rings is 1. The van der Waals surface area contributed by atoms with Gasteiger partial charge in [0.1, 0.15) is 11.2 Å². The molecule has 6 aromatic carbocycles. The highest BCUT2D eigenvalue weighted by Gasteiger charge is 2.16. The topological polar surface area (TPSA) is 41.9 Å². The molecule has 0 bridgehead atoms. The fourth-order valence-corrected chi connectivity index (χ4v) is 6.04. The summed E-state index contributed by atoms with van der Waals surface area (Å²) in [7, 11) is 0. The zero-order chi connectivity index (χ0) is 26.6. The molecule has 3 heteroatoms. The van der Waals surface area contributed by atoms with Gasteiger partial charge in [0.05, 0.1) is 28.4 Å². The van der Waals surface area contributed by atoms with Gasteiger partial charge in [-0.25, -0.2) is 0 Å². The minimum Gasteiger partial charge on any atom is -0.456 e. The molecule has 0 spiro atoms. The number of rotatable bonds is 3. The Morgan fingerprint density at radius 3 is 1.68 bits per heavy atom. The van der Waals surface area contributed by atoms with Crippen molar-refractivity contribution in [3.05, 3.63) is 139 Å². The summed E-state index contributed by atoms with van der Waals surface area (Å²) in [6, 6.07) is 48.4. The van der Waals surface area contributed by atoms with Gasteiger partial charge in [0.2, 0.25) is 0 Å². The number of para-hydroxylation sites is 3. The summed E-state index contributed by atoms with van der Waals surface area (Å²) in [5, 5.41) is 14.2. The third-order valence-electron chi connectivity index (χ3n) is 7.86. The molecule has 8 rings (SSSR count). The molecular formula is C37H22N2O. The molecule has 0 aliphatic carbocycles. The van der Waals surface area contributed by atoms with Gasteiger partial charge in [0, 0.05) is 27.1 Å². The lowest BCUT2D eigenvalue weighted by Gasteiger charge is -2.14. The average Bonchev–Trinajstić information content (AvgIpc) is 3.56. The highest BCUT2D eigenvalue weighted by atomic mass is 16.3. The van der Waals surface area contributed by atoms with Crippen LogP contribution in [0.1, 0.15) is 5.56 Å². The third-order valence-corrected chi connectivity index (χ3v) is 7.86. The molecular weight excluding hydrogens is 488 g/mol. The van der Waals surface area contributed by atoms with Crippen molar-refractivity contribution in [2.24, 2.45) is 0 Å². The SMILES string of the molecule is N#Cc1ccccc1-c1ccc2oc3ccc(-c4ccccc4-n4c5ccccc5c5ccccc54)cc3c2c1. The van der Waals surface area contributed by atoms with E-state index in [1.165, 1.54) is 21.8 Å². The van der Waals surface area contributed by atoms with Crippen molar-refractivity contribution in [3.8, 4) is 34.0 Å². The first-order chi connectivity index (χ1) is 19.8. The highest BCUT2D eigenvalue weighted by Crippen LogP contribution is 2.39. The van der Waals surface area contributed by atoms with E-state index in [-0.39, 0.29) is 0 Å². The van der Waals surface area contributed by atoms with Gasteiger partial charge in [0.25, 0.3) is 0 Å². The van der Waals surface area contributed by atoms with Gasteiger partial charge in [-0.3, -0.25) is 0 Å². The van der Waals surface area contributed by atoms with Crippen LogP contribution in [0.25, 0.3) is 71.7 Å². The number of nitrogens with zero attached hydrogens (tertiary/aromatic N) is 2. The molecule has 186 valence electrons. The monoisotopic (exact) mass is 510 g/mol. The minimum absolute atomic E-state index is 0.662. The molecule has 2 aromatic heterocycles. The van der Waals surface area contributed by atoms with Crippen LogP contribution < -0.4 is 0 Å². The average molecular weight is 511 g/mol. The first-order valence-corrected chi connectivity index (χ1v) is 13.3. The molecule has 8 aromatic rings. The highest BCUT2D eigenvalue weighted by molar-refractivity contribution is 6.10. The summed E-state index contributed by atoms with van der Waals surface area (Å²) < 4.78 is 8.61. The number of hydrogen-bond acceptors (Lipinski definition) is 2. The molecule has 0 unspecified atom stereocenters. The van der Waals surface area contributed by atoms with Crippen LogP contribution >= 0.6 is 0 Å². The van der Waals surface area contributed by atoms with Crippen LogP contribution in [0, 0.1) is 11.3 Å². The second-order valence-corrected chi connectivity index (χ2v) is 10.1. The molecule has 40 heavy (non-hydrogen) atoms. The largest absolute Gasteiger partial charge is 0.456 e. The van der Waals surface area contributed by atoms with Crippen molar-refractivity contribution < 1.29 is 4.42 Å². The Balaban J connectivity index is 1.36. The Hall–Kier alpha value is -5.59. The van der Waals surface area contributed by atoms with Crippen LogP contribution in [0.4, 0.5) is 0 Å². The van der Waals surface area contributed by atoms with E-state index in [0.29, 0.717) is 5.56 Å². The molecule has 3 nitrogen and oxygen atoms in total. The summed E-state index contributed by atoms with van der Waals surface area (Å²) in [5.74, 6) is 0. The number of benzene rings is 6. The lowest BCUT2D eigenvalue weighted by molar-refractivity contribution is 0.669. The Bertz CT molecular complexity index is 2240. The predicted octanol–water partition coefficient (Wildman–Crippen LogP) is 9.89. The molecule has 0 N–H and O–H groups in total. The van der Waals surface area contributed by atoms with Crippen molar-refractivity contribution in [3.63, 3.8) is 0 Å². The van der Waals surface area contributed by atoms with Crippen molar-refractivity contribution in [1.82, 2.24) is 4.57 Å². The molecule has 0 fully saturated rings. The lowest BCUT2D eigenvalue weighted by atomic mass is 9.97. The normalized spacial score (nSPS) is 11.5. The first kappa shape index (κ1) is 22.4. The maximum absolute atomic E-state index is 9.65. The molecule has 2 heterocycles. The summed E-state index contributed by atoms with van der Waals surface area (Å²) in [6.45, 7) is 0. The van der Waals surface area contributed by atoms with E-state index in [9.17, 15) is 5.26 Å². The van der Waals surface area contributed by atoms with Gasteiger partial charge < -0.3 is 8.98 Å². The van der Waals surface area contributed by atoms with E-state index in [1.54, 1.807) is 0 Å². The Kier molecular flexibility index (Phi) is 4.89. The van der Waals surface area contributed by atoms with Crippen LogP contribution in [0.2, 0.25) is 0 Å². The van der Waals surface area contributed by atoms with Crippen molar-refractivity contribution in [2.75, 3.05) is 0 Å². The van der Waals surface area contributed by atoms with Gasteiger partial charge >= 0.3 is 0 Å². The second kappa shape index (κ2) is 8.73. The summed E-state index contributed by atoms with van der Waals surface area (Å²) in [6.07, 6.45) is 0. The van der Waals surface area contributed by atoms with Crippen molar-refractivity contribution in [2.45, 2.75) is 0 Å².